The molecule has 0 fully saturated rings. The van der Waals surface area contributed by atoms with E-state index in [9.17, 15) is 0 Å². The van der Waals surface area contributed by atoms with Gasteiger partial charge in [0.1, 0.15) is 27.9 Å². The van der Waals surface area contributed by atoms with Crippen molar-refractivity contribution in [3.05, 3.63) is 146 Å². The highest BCUT2D eigenvalue weighted by Gasteiger charge is 2.21. The Hall–Kier alpha value is -6.33. The van der Waals surface area contributed by atoms with Crippen LogP contribution in [0.4, 0.5) is 17.1 Å². The Morgan fingerprint density at radius 2 is 1.09 bits per heavy atom. The average Bonchev–Trinajstić information content (AvgIpc) is 3.80. The van der Waals surface area contributed by atoms with Crippen LogP contribution in [0.1, 0.15) is 0 Å². The molecule has 10 rings (SSSR count). The van der Waals surface area contributed by atoms with Gasteiger partial charge in [-0.3, -0.25) is 4.98 Å². The summed E-state index contributed by atoms with van der Waals surface area (Å²) >= 11 is 0. The van der Waals surface area contributed by atoms with E-state index in [1.165, 1.54) is 0 Å². The molecule has 0 saturated carbocycles. The van der Waals surface area contributed by atoms with Gasteiger partial charge in [0.05, 0.1) is 5.69 Å². The van der Waals surface area contributed by atoms with E-state index in [0.717, 1.165) is 94.0 Å². The minimum Gasteiger partial charge on any atom is -0.456 e. The van der Waals surface area contributed by atoms with Gasteiger partial charge in [-0.25, -0.2) is 0 Å². The molecule has 5 nitrogen and oxygen atoms in total. The Balaban J connectivity index is 1.20. The Kier molecular flexibility index (Phi) is 5.22. The lowest BCUT2D eigenvalue weighted by molar-refractivity contribution is 0.663. The summed E-state index contributed by atoms with van der Waals surface area (Å²) in [6, 6.07) is 45.7. The van der Waals surface area contributed by atoms with Gasteiger partial charge in [0.2, 0.25) is 0 Å². The number of pyridine rings is 1. The van der Waals surface area contributed by atoms with Crippen LogP contribution in [0.3, 0.4) is 0 Å². The molecule has 0 spiro atoms. The summed E-state index contributed by atoms with van der Waals surface area (Å²) in [7, 11) is 0. The summed E-state index contributed by atoms with van der Waals surface area (Å²) in [5.74, 6) is 0. The van der Waals surface area contributed by atoms with Crippen LogP contribution in [0.2, 0.25) is 0 Å². The highest BCUT2D eigenvalue weighted by atomic mass is 16.3. The number of anilines is 3. The van der Waals surface area contributed by atoms with Crippen molar-refractivity contribution < 1.29 is 13.3 Å². The molecule has 0 aliphatic rings. The Morgan fingerprint density at radius 1 is 0.435 bits per heavy atom. The minimum atomic E-state index is 0.835. The molecular weight excluding hydrogens is 568 g/mol. The number of benzene rings is 6. The van der Waals surface area contributed by atoms with Crippen LogP contribution in [-0.4, -0.2) is 4.98 Å². The van der Waals surface area contributed by atoms with Crippen molar-refractivity contribution in [3.63, 3.8) is 0 Å². The number of nitrogens with zero attached hydrogens (tertiary/aromatic N) is 2. The molecule has 0 bridgehead atoms. The number of rotatable bonds is 4. The monoisotopic (exact) mass is 592 g/mol. The summed E-state index contributed by atoms with van der Waals surface area (Å²) < 4.78 is 19.3. The van der Waals surface area contributed by atoms with E-state index in [0.29, 0.717) is 0 Å². The topological polar surface area (TPSA) is 55.6 Å². The lowest BCUT2D eigenvalue weighted by Crippen LogP contribution is -2.10. The molecule has 0 unspecified atom stereocenters. The van der Waals surface area contributed by atoms with Crippen LogP contribution in [0.5, 0.6) is 0 Å². The SMILES string of the molecule is c1cc(-c2cccc3c2oc2ccc4oc5ccccc5c4c23)cc(N(c2ccncc2)c2cccc3c2oc2ccccc23)c1. The molecule has 0 amide bonds. The van der Waals surface area contributed by atoms with Gasteiger partial charge in [0, 0.05) is 61.6 Å². The van der Waals surface area contributed by atoms with E-state index in [-0.39, 0.29) is 0 Å². The van der Waals surface area contributed by atoms with Gasteiger partial charge in [-0.1, -0.05) is 78.9 Å². The fourth-order valence-corrected chi connectivity index (χ4v) is 6.97. The van der Waals surface area contributed by atoms with Crippen LogP contribution in [0.15, 0.2) is 159 Å². The molecule has 6 aromatic carbocycles. The summed E-state index contributed by atoms with van der Waals surface area (Å²) in [6.45, 7) is 0. The summed E-state index contributed by atoms with van der Waals surface area (Å²) in [5, 5.41) is 6.48. The fourth-order valence-electron chi connectivity index (χ4n) is 6.97. The van der Waals surface area contributed by atoms with Gasteiger partial charge < -0.3 is 18.2 Å². The maximum Gasteiger partial charge on any atom is 0.159 e. The molecule has 0 saturated heterocycles. The van der Waals surface area contributed by atoms with Crippen molar-refractivity contribution in [1.29, 1.82) is 0 Å². The van der Waals surface area contributed by atoms with E-state index in [2.05, 4.69) is 88.7 Å². The maximum atomic E-state index is 6.65. The predicted molar refractivity (Wildman–Crippen MR) is 186 cm³/mol. The fraction of sp³-hybridized carbons (Fsp3) is 0. The lowest BCUT2D eigenvalue weighted by atomic mass is 10.00. The number of fused-ring (bicyclic) bond motifs is 10. The molecular formula is C41H24N2O3. The van der Waals surface area contributed by atoms with Crippen LogP contribution in [0, 0.1) is 0 Å². The molecule has 4 heterocycles. The van der Waals surface area contributed by atoms with Crippen LogP contribution >= 0.6 is 0 Å². The molecule has 0 N–H and O–H groups in total. The van der Waals surface area contributed by atoms with Crippen molar-refractivity contribution in [2.24, 2.45) is 0 Å². The third-order valence-corrected chi connectivity index (χ3v) is 8.96. The second-order valence-electron chi connectivity index (χ2n) is 11.5. The van der Waals surface area contributed by atoms with Crippen LogP contribution < -0.4 is 4.90 Å². The first-order chi connectivity index (χ1) is 22.8. The standard InChI is InChI=1S/C41H24N2O3/c1-3-16-34-29(10-1)30-13-7-15-33(41(30)45-34)43(26-20-22-42-23-21-26)27-9-5-8-25(24-27)28-12-6-14-32-39-37(46-40(28)32)19-18-36-38(39)31-11-2-4-17-35(31)44-36/h1-24H. The smallest absolute Gasteiger partial charge is 0.159 e. The molecule has 0 radical (unpaired) electrons. The third-order valence-electron chi connectivity index (χ3n) is 8.96. The lowest BCUT2D eigenvalue weighted by Gasteiger charge is -2.25. The largest absolute Gasteiger partial charge is 0.456 e. The molecule has 46 heavy (non-hydrogen) atoms. The molecule has 4 aromatic heterocycles. The number of furan rings is 3. The van der Waals surface area contributed by atoms with E-state index in [1.54, 1.807) is 0 Å². The molecule has 0 aliphatic heterocycles. The molecule has 5 heteroatoms. The van der Waals surface area contributed by atoms with Gasteiger partial charge in [-0.2, -0.15) is 0 Å². The minimum absolute atomic E-state index is 0.835. The van der Waals surface area contributed by atoms with Crippen molar-refractivity contribution >= 4 is 82.9 Å². The Labute approximate surface area is 262 Å². The molecule has 10 aromatic rings. The second kappa shape index (κ2) is 9.58. The first-order valence-electron chi connectivity index (χ1n) is 15.3. The van der Waals surface area contributed by atoms with Crippen molar-refractivity contribution in [2.75, 3.05) is 4.90 Å². The summed E-state index contributed by atoms with van der Waals surface area (Å²) in [6.07, 6.45) is 3.64. The predicted octanol–water partition coefficient (Wildman–Crippen LogP) is 11.9. The zero-order valence-corrected chi connectivity index (χ0v) is 24.5. The van der Waals surface area contributed by atoms with E-state index in [4.69, 9.17) is 13.3 Å². The number of aromatic nitrogens is 1. The van der Waals surface area contributed by atoms with Crippen LogP contribution in [-0.2, 0) is 0 Å². The number of para-hydroxylation sites is 4. The van der Waals surface area contributed by atoms with E-state index >= 15 is 0 Å². The zero-order chi connectivity index (χ0) is 30.2. The molecule has 0 aliphatic carbocycles. The molecule has 0 atom stereocenters. The van der Waals surface area contributed by atoms with Crippen molar-refractivity contribution in [1.82, 2.24) is 4.98 Å². The van der Waals surface area contributed by atoms with Gasteiger partial charge in [0.25, 0.3) is 0 Å². The van der Waals surface area contributed by atoms with Gasteiger partial charge in [-0.15, -0.1) is 0 Å². The van der Waals surface area contributed by atoms with Crippen LogP contribution in [0.25, 0.3) is 76.9 Å². The quantitative estimate of drug-likeness (QED) is 0.203. The summed E-state index contributed by atoms with van der Waals surface area (Å²) in [4.78, 5) is 6.53. The van der Waals surface area contributed by atoms with Gasteiger partial charge in [0.15, 0.2) is 5.58 Å². The van der Waals surface area contributed by atoms with Gasteiger partial charge in [-0.05, 0) is 60.2 Å². The Bertz CT molecular complexity index is 2770. The number of hydrogen-bond donors (Lipinski definition) is 0. The first-order valence-corrected chi connectivity index (χ1v) is 15.3. The van der Waals surface area contributed by atoms with Crippen molar-refractivity contribution in [2.45, 2.75) is 0 Å². The second-order valence-corrected chi connectivity index (χ2v) is 11.5. The first kappa shape index (κ1) is 25.0. The molecule has 216 valence electrons. The zero-order valence-electron chi connectivity index (χ0n) is 24.5. The Morgan fingerprint density at radius 3 is 1.96 bits per heavy atom. The van der Waals surface area contributed by atoms with E-state index in [1.807, 2.05) is 67.0 Å². The third kappa shape index (κ3) is 3.60. The van der Waals surface area contributed by atoms with Gasteiger partial charge >= 0.3 is 0 Å². The average molecular weight is 593 g/mol. The normalized spacial score (nSPS) is 11.9. The summed E-state index contributed by atoms with van der Waals surface area (Å²) in [5.41, 5.74) is 10.1. The highest BCUT2D eigenvalue weighted by Crippen LogP contribution is 2.45. The highest BCUT2D eigenvalue weighted by molar-refractivity contribution is 6.26. The van der Waals surface area contributed by atoms with E-state index < -0.39 is 0 Å². The number of hydrogen-bond acceptors (Lipinski definition) is 5. The van der Waals surface area contributed by atoms with Crippen molar-refractivity contribution in [3.8, 4) is 11.1 Å². The maximum absolute atomic E-state index is 6.65.